The van der Waals surface area contributed by atoms with Crippen LogP contribution in [0.4, 0.5) is 0 Å². The van der Waals surface area contributed by atoms with Crippen LogP contribution in [0.15, 0.2) is 0 Å². The Morgan fingerprint density at radius 1 is 0.538 bits per heavy atom. The number of rotatable bonds is 20. The van der Waals surface area contributed by atoms with Crippen molar-refractivity contribution in [2.24, 2.45) is 5.92 Å². The fourth-order valence-electron chi connectivity index (χ4n) is 3.71. The van der Waals surface area contributed by atoms with Gasteiger partial charge in [-0.1, -0.05) is 130 Å². The van der Waals surface area contributed by atoms with Crippen molar-refractivity contribution in [1.82, 2.24) is 0 Å². The Morgan fingerprint density at radius 3 is 1.31 bits per heavy atom. The second-order valence-corrected chi connectivity index (χ2v) is 10.0. The summed E-state index contributed by atoms with van der Waals surface area (Å²) in [5.41, 5.74) is 0. The van der Waals surface area contributed by atoms with Crippen LogP contribution < -0.4 is 0 Å². The van der Waals surface area contributed by atoms with Crippen molar-refractivity contribution in [1.29, 1.82) is 0 Å². The Morgan fingerprint density at radius 2 is 0.885 bits per heavy atom. The molecule has 0 saturated heterocycles. The first-order valence-corrected chi connectivity index (χ1v) is 12.7. The lowest BCUT2D eigenvalue weighted by Gasteiger charge is -2.27. The van der Waals surface area contributed by atoms with Gasteiger partial charge < -0.3 is 0 Å². The van der Waals surface area contributed by atoms with Gasteiger partial charge in [-0.15, -0.1) is 23.2 Å². The molecule has 0 aliphatic heterocycles. The van der Waals surface area contributed by atoms with Gasteiger partial charge in [0.2, 0.25) is 0 Å². The summed E-state index contributed by atoms with van der Waals surface area (Å²) in [6.07, 6.45) is 25.3. The third-order valence-electron chi connectivity index (χ3n) is 5.83. The van der Waals surface area contributed by atoms with E-state index in [4.69, 9.17) is 23.2 Å². The van der Waals surface area contributed by atoms with Gasteiger partial charge in [0.05, 0.1) is 0 Å². The maximum atomic E-state index is 6.64. The van der Waals surface area contributed by atoms with Gasteiger partial charge in [-0.25, -0.2) is 0 Å². The second-order valence-electron chi connectivity index (χ2n) is 8.50. The van der Waals surface area contributed by atoms with Crippen molar-refractivity contribution in [2.75, 3.05) is 0 Å². The molecule has 26 heavy (non-hydrogen) atoms. The van der Waals surface area contributed by atoms with E-state index in [2.05, 4.69) is 20.8 Å². The van der Waals surface area contributed by atoms with Gasteiger partial charge in [0.25, 0.3) is 0 Å². The summed E-state index contributed by atoms with van der Waals surface area (Å²) >= 11 is 13.3. The number of hydrogen-bond acceptors (Lipinski definition) is 0. The molecule has 0 aliphatic carbocycles. The van der Waals surface area contributed by atoms with Crippen LogP contribution in [0.1, 0.15) is 143 Å². The summed E-state index contributed by atoms with van der Waals surface area (Å²) < 4.78 is -0.511. The van der Waals surface area contributed by atoms with Gasteiger partial charge >= 0.3 is 0 Å². The van der Waals surface area contributed by atoms with E-state index < -0.39 is 4.33 Å². The summed E-state index contributed by atoms with van der Waals surface area (Å²) in [5, 5.41) is 0. The van der Waals surface area contributed by atoms with Crippen LogP contribution in [0.25, 0.3) is 0 Å². The summed E-state index contributed by atoms with van der Waals surface area (Å²) in [4.78, 5) is 0. The van der Waals surface area contributed by atoms with E-state index in [0.29, 0.717) is 5.92 Å². The van der Waals surface area contributed by atoms with Crippen molar-refractivity contribution in [2.45, 2.75) is 147 Å². The summed E-state index contributed by atoms with van der Waals surface area (Å²) in [7, 11) is 0. The molecule has 0 N–H and O–H groups in total. The molecule has 0 aliphatic rings. The molecule has 0 fully saturated rings. The zero-order valence-corrected chi connectivity index (χ0v) is 19.8. The van der Waals surface area contributed by atoms with Gasteiger partial charge in [0, 0.05) is 0 Å². The minimum absolute atomic E-state index is 0.417. The molecule has 0 radical (unpaired) electrons. The molecule has 158 valence electrons. The number of alkyl halides is 2. The van der Waals surface area contributed by atoms with Crippen molar-refractivity contribution in [3.05, 3.63) is 0 Å². The van der Waals surface area contributed by atoms with Crippen LogP contribution >= 0.6 is 23.2 Å². The quantitative estimate of drug-likeness (QED) is 0.139. The van der Waals surface area contributed by atoms with E-state index in [0.717, 1.165) is 6.42 Å². The molecule has 0 aromatic heterocycles. The molecule has 0 aromatic carbocycles. The number of halogens is 2. The predicted molar refractivity (Wildman–Crippen MR) is 123 cm³/mol. The summed E-state index contributed by atoms with van der Waals surface area (Å²) in [6.45, 7) is 6.79. The molecular weight excluding hydrogens is 359 g/mol. The van der Waals surface area contributed by atoms with E-state index >= 15 is 0 Å². The highest BCUT2D eigenvalue weighted by Gasteiger charge is 2.30. The van der Waals surface area contributed by atoms with Crippen molar-refractivity contribution in [3.8, 4) is 0 Å². The van der Waals surface area contributed by atoms with E-state index in [-0.39, 0.29) is 0 Å². The normalized spacial score (nSPS) is 13.3. The molecule has 2 heteroatoms. The maximum Gasteiger partial charge on any atom is 0.120 e. The van der Waals surface area contributed by atoms with E-state index in [9.17, 15) is 0 Å². The molecule has 0 nitrogen and oxygen atoms in total. The average Bonchev–Trinajstić information content (AvgIpc) is 2.62. The lowest BCUT2D eigenvalue weighted by molar-refractivity contribution is 0.408. The third-order valence-corrected chi connectivity index (χ3v) is 6.95. The van der Waals surface area contributed by atoms with Crippen molar-refractivity contribution < 1.29 is 0 Å². The van der Waals surface area contributed by atoms with Gasteiger partial charge in [-0.2, -0.15) is 0 Å². The Bertz CT molecular complexity index is 275. The smallest absolute Gasteiger partial charge is 0.101 e. The highest BCUT2D eigenvalue weighted by molar-refractivity contribution is 6.48. The molecule has 0 rings (SSSR count). The van der Waals surface area contributed by atoms with Crippen LogP contribution in [0.2, 0.25) is 0 Å². The minimum Gasteiger partial charge on any atom is -0.101 e. The van der Waals surface area contributed by atoms with Crippen molar-refractivity contribution in [3.63, 3.8) is 0 Å². The highest BCUT2D eigenvalue weighted by atomic mass is 35.5. The van der Waals surface area contributed by atoms with Gasteiger partial charge in [-0.3, -0.25) is 0 Å². The van der Waals surface area contributed by atoms with Crippen LogP contribution in [0.3, 0.4) is 0 Å². The minimum atomic E-state index is -0.511. The lowest BCUT2D eigenvalue weighted by Crippen LogP contribution is -2.23. The fraction of sp³-hybridized carbons (Fsp3) is 1.00. The maximum absolute atomic E-state index is 6.64. The zero-order valence-electron chi connectivity index (χ0n) is 18.3. The summed E-state index contributed by atoms with van der Waals surface area (Å²) in [6, 6.07) is 0. The zero-order chi connectivity index (χ0) is 19.5. The van der Waals surface area contributed by atoms with Crippen LogP contribution in [-0.2, 0) is 0 Å². The largest absolute Gasteiger partial charge is 0.120 e. The van der Waals surface area contributed by atoms with Crippen LogP contribution in [0.5, 0.6) is 0 Å². The van der Waals surface area contributed by atoms with Crippen LogP contribution in [0, 0.1) is 5.92 Å². The first kappa shape index (κ1) is 26.6. The molecule has 0 saturated carbocycles. The Hall–Kier alpha value is 0.580. The molecule has 1 atom stereocenters. The molecule has 0 bridgehead atoms. The molecular formula is C24H48Cl2. The van der Waals surface area contributed by atoms with Crippen LogP contribution in [-0.4, -0.2) is 4.33 Å². The monoisotopic (exact) mass is 406 g/mol. The molecule has 0 amide bonds. The Balaban J connectivity index is 3.49. The van der Waals surface area contributed by atoms with E-state index in [1.165, 1.54) is 116 Å². The second kappa shape index (κ2) is 18.9. The van der Waals surface area contributed by atoms with Gasteiger partial charge in [-0.05, 0) is 18.8 Å². The molecule has 0 heterocycles. The van der Waals surface area contributed by atoms with E-state index in [1.54, 1.807) is 0 Å². The van der Waals surface area contributed by atoms with Crippen molar-refractivity contribution >= 4 is 23.2 Å². The van der Waals surface area contributed by atoms with Gasteiger partial charge in [0.1, 0.15) is 4.33 Å². The summed E-state index contributed by atoms with van der Waals surface area (Å²) in [5.74, 6) is 0.417. The lowest BCUT2D eigenvalue weighted by atomic mass is 9.94. The predicted octanol–water partition coefficient (Wildman–Crippen LogP) is 10.2. The standard InChI is InChI=1S/C24H48Cl2/c1-4-6-8-10-12-13-14-15-16-18-20-22-24(25,26)23(3)21-19-17-11-9-7-5-2/h23H,4-22H2,1-3H3. The third kappa shape index (κ3) is 16.7. The number of unbranched alkanes of at least 4 members (excludes halogenated alkanes) is 15. The molecule has 0 aromatic rings. The molecule has 0 spiro atoms. The topological polar surface area (TPSA) is 0 Å². The highest BCUT2D eigenvalue weighted by Crippen LogP contribution is 2.38. The molecule has 1 unspecified atom stereocenters. The number of hydrogen-bond donors (Lipinski definition) is 0. The average molecular weight is 408 g/mol. The SMILES string of the molecule is CCCCCCCCCCCCCC(Cl)(Cl)C(C)CCCCCCCC. The Labute approximate surface area is 176 Å². The first-order chi connectivity index (χ1) is 12.5. The Kier molecular flexibility index (Phi) is 19.3. The van der Waals surface area contributed by atoms with Gasteiger partial charge in [0.15, 0.2) is 0 Å². The first-order valence-electron chi connectivity index (χ1n) is 11.9. The fourth-order valence-corrected chi connectivity index (χ4v) is 4.20. The van der Waals surface area contributed by atoms with E-state index in [1.807, 2.05) is 0 Å².